The molecule has 0 saturated carbocycles. The molecule has 1 atom stereocenters. The van der Waals surface area contributed by atoms with Gasteiger partial charge in [-0.25, -0.2) is 0 Å². The van der Waals surface area contributed by atoms with Crippen LogP contribution in [0, 0.1) is 12.3 Å². The van der Waals surface area contributed by atoms with E-state index in [1.165, 1.54) is 0 Å². The van der Waals surface area contributed by atoms with E-state index in [9.17, 15) is 14.7 Å². The molecule has 0 aromatic carbocycles. The summed E-state index contributed by atoms with van der Waals surface area (Å²) in [6.45, 7) is 6.02. The number of aromatic nitrogens is 2. The second-order valence-corrected chi connectivity index (χ2v) is 5.98. The van der Waals surface area contributed by atoms with Crippen LogP contribution in [-0.4, -0.2) is 51.2 Å². The molecular formula is C13H20N4O4. The highest BCUT2D eigenvalue weighted by Gasteiger charge is 2.42. The molecular weight excluding hydrogens is 276 g/mol. The first-order chi connectivity index (χ1) is 9.79. The Balaban J connectivity index is 2.02. The normalized spacial score (nSPS) is 22.0. The predicted molar refractivity (Wildman–Crippen MR) is 73.7 cm³/mol. The molecule has 1 fully saturated rings. The highest BCUT2D eigenvalue weighted by Crippen LogP contribution is 2.35. The number of carbonyl (C=O) groups excluding carboxylic acids is 1. The fourth-order valence-corrected chi connectivity index (χ4v) is 2.85. The van der Waals surface area contributed by atoms with Crippen molar-refractivity contribution in [3.63, 3.8) is 0 Å². The average molecular weight is 296 g/mol. The van der Waals surface area contributed by atoms with Gasteiger partial charge in [0, 0.05) is 6.92 Å². The number of aliphatic carboxylic acids is 1. The van der Waals surface area contributed by atoms with Crippen molar-refractivity contribution >= 4 is 17.9 Å². The van der Waals surface area contributed by atoms with Gasteiger partial charge in [0.25, 0.3) is 0 Å². The molecule has 0 aliphatic carbocycles. The molecule has 2 rings (SSSR count). The number of carboxylic acid groups (broad SMARTS) is 1. The average Bonchev–Trinajstić information content (AvgIpc) is 2.72. The molecule has 1 aromatic heterocycles. The minimum Gasteiger partial charge on any atom is -0.480 e. The second-order valence-electron chi connectivity index (χ2n) is 5.98. The molecule has 2 N–H and O–H groups in total. The predicted octanol–water partition coefficient (Wildman–Crippen LogP) is 0.892. The summed E-state index contributed by atoms with van der Waals surface area (Å²) in [5, 5.41) is 19.2. The Bertz CT molecular complexity index is 540. The van der Waals surface area contributed by atoms with Gasteiger partial charge in [-0.2, -0.15) is 0 Å². The standard InChI is InChI=1S/C13H20N4O4/c1-8-15-16-12(21-8)14-9(18)7-17-6-4-5-13(2,3)10(17)11(19)20/h10H,4-7H2,1-3H3,(H,19,20)(H,14,16,18). The number of carboxylic acids is 1. The van der Waals surface area contributed by atoms with Gasteiger partial charge in [-0.3, -0.25) is 19.8 Å². The van der Waals surface area contributed by atoms with Gasteiger partial charge < -0.3 is 9.52 Å². The third-order valence-corrected chi connectivity index (χ3v) is 3.72. The number of aryl methyl sites for hydroxylation is 1. The van der Waals surface area contributed by atoms with Gasteiger partial charge in [-0.15, -0.1) is 5.10 Å². The Kier molecular flexibility index (Phi) is 4.26. The van der Waals surface area contributed by atoms with E-state index in [0.717, 1.165) is 12.8 Å². The van der Waals surface area contributed by atoms with E-state index in [1.807, 2.05) is 13.8 Å². The van der Waals surface area contributed by atoms with E-state index in [2.05, 4.69) is 15.5 Å². The van der Waals surface area contributed by atoms with E-state index in [4.69, 9.17) is 4.42 Å². The zero-order chi connectivity index (χ0) is 15.6. The Morgan fingerprint density at radius 3 is 2.76 bits per heavy atom. The van der Waals surface area contributed by atoms with Gasteiger partial charge >= 0.3 is 12.0 Å². The summed E-state index contributed by atoms with van der Waals surface area (Å²) in [6, 6.07) is -0.651. The van der Waals surface area contributed by atoms with E-state index in [0.29, 0.717) is 12.4 Å². The molecule has 21 heavy (non-hydrogen) atoms. The highest BCUT2D eigenvalue weighted by molar-refractivity contribution is 5.90. The molecule has 1 saturated heterocycles. The van der Waals surface area contributed by atoms with Crippen LogP contribution in [0.4, 0.5) is 6.01 Å². The summed E-state index contributed by atoms with van der Waals surface area (Å²) in [5.41, 5.74) is -0.370. The molecule has 0 radical (unpaired) electrons. The zero-order valence-electron chi connectivity index (χ0n) is 12.4. The summed E-state index contributed by atoms with van der Waals surface area (Å²) in [6.07, 6.45) is 1.69. The highest BCUT2D eigenvalue weighted by atomic mass is 16.4. The minimum atomic E-state index is -0.902. The Morgan fingerprint density at radius 2 is 2.19 bits per heavy atom. The fraction of sp³-hybridized carbons (Fsp3) is 0.692. The van der Waals surface area contributed by atoms with Gasteiger partial charge in [0.15, 0.2) is 0 Å². The number of anilines is 1. The van der Waals surface area contributed by atoms with Gasteiger partial charge in [0.05, 0.1) is 6.54 Å². The first-order valence-corrected chi connectivity index (χ1v) is 6.86. The van der Waals surface area contributed by atoms with E-state index >= 15 is 0 Å². The molecule has 1 aromatic rings. The molecule has 8 heteroatoms. The van der Waals surface area contributed by atoms with Crippen LogP contribution in [0.3, 0.4) is 0 Å². The summed E-state index contributed by atoms with van der Waals surface area (Å²) < 4.78 is 5.07. The molecule has 2 heterocycles. The number of carbonyl (C=O) groups is 2. The molecule has 1 aliphatic rings. The number of hydrogen-bond acceptors (Lipinski definition) is 6. The van der Waals surface area contributed by atoms with Crippen LogP contribution in [0.25, 0.3) is 0 Å². The lowest BCUT2D eigenvalue weighted by molar-refractivity contribution is -0.151. The van der Waals surface area contributed by atoms with Crippen LogP contribution in [0.5, 0.6) is 0 Å². The first kappa shape index (κ1) is 15.4. The summed E-state index contributed by atoms with van der Waals surface area (Å²) in [7, 11) is 0. The largest absolute Gasteiger partial charge is 0.480 e. The third kappa shape index (κ3) is 3.57. The lowest BCUT2D eigenvalue weighted by Gasteiger charge is -2.43. The SMILES string of the molecule is Cc1nnc(NC(=O)CN2CCCC(C)(C)C2C(=O)O)o1. The van der Waals surface area contributed by atoms with Crippen molar-refractivity contribution in [1.82, 2.24) is 15.1 Å². The molecule has 1 amide bonds. The van der Waals surface area contributed by atoms with Gasteiger partial charge in [0.1, 0.15) is 6.04 Å². The van der Waals surface area contributed by atoms with E-state index < -0.39 is 12.0 Å². The van der Waals surface area contributed by atoms with Crippen molar-refractivity contribution in [1.29, 1.82) is 0 Å². The first-order valence-electron chi connectivity index (χ1n) is 6.86. The van der Waals surface area contributed by atoms with Crippen molar-refractivity contribution in [3.05, 3.63) is 5.89 Å². The zero-order valence-corrected chi connectivity index (χ0v) is 12.4. The van der Waals surface area contributed by atoms with Crippen molar-refractivity contribution in [2.45, 2.75) is 39.7 Å². The maximum absolute atomic E-state index is 12.0. The summed E-state index contributed by atoms with van der Waals surface area (Å²) in [5.74, 6) is -0.906. The van der Waals surface area contributed by atoms with Gasteiger partial charge in [-0.05, 0) is 24.8 Å². The molecule has 0 spiro atoms. The lowest BCUT2D eigenvalue weighted by Crippen LogP contribution is -2.56. The third-order valence-electron chi connectivity index (χ3n) is 3.72. The molecule has 8 nitrogen and oxygen atoms in total. The number of nitrogens with zero attached hydrogens (tertiary/aromatic N) is 3. The van der Waals surface area contributed by atoms with Crippen molar-refractivity contribution in [2.24, 2.45) is 5.41 Å². The van der Waals surface area contributed by atoms with Gasteiger partial charge in [-0.1, -0.05) is 18.9 Å². The number of hydrogen-bond donors (Lipinski definition) is 2. The van der Waals surface area contributed by atoms with Crippen LogP contribution in [0.1, 0.15) is 32.6 Å². The Hall–Kier alpha value is -1.96. The smallest absolute Gasteiger partial charge is 0.322 e. The molecule has 0 bridgehead atoms. The van der Waals surface area contributed by atoms with Crippen LogP contribution >= 0.6 is 0 Å². The number of rotatable bonds is 4. The fourth-order valence-electron chi connectivity index (χ4n) is 2.85. The minimum absolute atomic E-state index is 0.0121. The topological polar surface area (TPSA) is 109 Å². The number of amides is 1. The van der Waals surface area contributed by atoms with E-state index in [-0.39, 0.29) is 23.9 Å². The number of nitrogens with one attached hydrogen (secondary N) is 1. The summed E-state index contributed by atoms with van der Waals surface area (Å²) in [4.78, 5) is 25.2. The van der Waals surface area contributed by atoms with Crippen LogP contribution in [0.15, 0.2) is 4.42 Å². The maximum atomic E-state index is 12.0. The van der Waals surface area contributed by atoms with Crippen LogP contribution < -0.4 is 5.32 Å². The van der Waals surface area contributed by atoms with E-state index in [1.54, 1.807) is 11.8 Å². The summed E-state index contributed by atoms with van der Waals surface area (Å²) >= 11 is 0. The Labute approximate surface area is 122 Å². The molecule has 1 unspecified atom stereocenters. The molecule has 116 valence electrons. The van der Waals surface area contributed by atoms with Crippen molar-refractivity contribution in [3.8, 4) is 0 Å². The van der Waals surface area contributed by atoms with Gasteiger partial charge in [0.2, 0.25) is 11.8 Å². The Morgan fingerprint density at radius 1 is 1.48 bits per heavy atom. The monoisotopic (exact) mass is 296 g/mol. The lowest BCUT2D eigenvalue weighted by atomic mass is 9.76. The maximum Gasteiger partial charge on any atom is 0.322 e. The second kappa shape index (κ2) is 5.80. The van der Waals surface area contributed by atoms with Crippen molar-refractivity contribution < 1.29 is 19.1 Å². The molecule has 1 aliphatic heterocycles. The van der Waals surface area contributed by atoms with Crippen molar-refractivity contribution in [2.75, 3.05) is 18.4 Å². The quantitative estimate of drug-likeness (QED) is 0.849. The number of piperidine rings is 1. The van der Waals surface area contributed by atoms with Crippen LogP contribution in [-0.2, 0) is 9.59 Å². The number of likely N-dealkylation sites (tertiary alicyclic amines) is 1. The van der Waals surface area contributed by atoms with Crippen LogP contribution in [0.2, 0.25) is 0 Å².